The van der Waals surface area contributed by atoms with E-state index in [2.05, 4.69) is 4.74 Å². The minimum Gasteiger partial charge on any atom is -0.466 e. The summed E-state index contributed by atoms with van der Waals surface area (Å²) in [4.78, 5) is 22.6. The van der Waals surface area contributed by atoms with Crippen LogP contribution in [0.25, 0.3) is 6.08 Å². The zero-order chi connectivity index (χ0) is 13.4. The second kappa shape index (κ2) is 7.27. The number of carbonyl (C=O) groups is 2. The Balaban J connectivity index is 2.82. The molecule has 0 N–H and O–H groups in total. The van der Waals surface area contributed by atoms with Crippen molar-refractivity contribution in [1.82, 2.24) is 0 Å². The first-order chi connectivity index (χ1) is 8.67. The number of ether oxygens (including phenoxy) is 2. The summed E-state index contributed by atoms with van der Waals surface area (Å²) in [6.45, 7) is 1.62. The van der Waals surface area contributed by atoms with Crippen molar-refractivity contribution in [3.05, 3.63) is 41.5 Å². The standard InChI is InChI=1S/C14H16O4/c1-3-13(15)18-10-12(14(16)17-2)9-11-7-5-4-6-8-11/h4-9H,3,10H2,1-2H3/b12-9+. The Bertz CT molecular complexity index is 434. The Labute approximate surface area is 106 Å². The van der Waals surface area contributed by atoms with Gasteiger partial charge in [0.2, 0.25) is 0 Å². The van der Waals surface area contributed by atoms with E-state index in [0.717, 1.165) is 5.56 Å². The monoisotopic (exact) mass is 248 g/mol. The smallest absolute Gasteiger partial charge is 0.337 e. The van der Waals surface area contributed by atoms with E-state index in [4.69, 9.17) is 4.74 Å². The molecule has 1 aromatic rings. The summed E-state index contributed by atoms with van der Waals surface area (Å²) in [6.07, 6.45) is 1.93. The Morgan fingerprint density at radius 2 is 1.89 bits per heavy atom. The van der Waals surface area contributed by atoms with Crippen LogP contribution in [-0.2, 0) is 19.1 Å². The van der Waals surface area contributed by atoms with E-state index in [9.17, 15) is 9.59 Å². The minimum atomic E-state index is -0.497. The molecular formula is C14H16O4. The molecule has 0 fully saturated rings. The highest BCUT2D eigenvalue weighted by Gasteiger charge is 2.12. The molecule has 0 atom stereocenters. The van der Waals surface area contributed by atoms with Crippen LogP contribution in [0, 0.1) is 0 Å². The number of hydrogen-bond donors (Lipinski definition) is 0. The van der Waals surface area contributed by atoms with Gasteiger partial charge in [-0.25, -0.2) is 4.79 Å². The number of hydrogen-bond acceptors (Lipinski definition) is 4. The number of rotatable bonds is 5. The highest BCUT2D eigenvalue weighted by atomic mass is 16.5. The molecule has 0 aliphatic carbocycles. The van der Waals surface area contributed by atoms with E-state index in [-0.39, 0.29) is 19.0 Å². The molecule has 4 heteroatoms. The number of methoxy groups -OCH3 is 1. The molecule has 0 aromatic heterocycles. The third-order valence-corrected chi connectivity index (χ3v) is 2.27. The number of carbonyl (C=O) groups excluding carboxylic acids is 2. The summed E-state index contributed by atoms with van der Waals surface area (Å²) < 4.78 is 9.59. The summed E-state index contributed by atoms with van der Waals surface area (Å²) >= 11 is 0. The highest BCUT2D eigenvalue weighted by Crippen LogP contribution is 2.09. The van der Waals surface area contributed by atoms with Crippen molar-refractivity contribution in [3.63, 3.8) is 0 Å². The molecule has 1 rings (SSSR count). The van der Waals surface area contributed by atoms with Crippen molar-refractivity contribution in [2.24, 2.45) is 0 Å². The molecule has 0 amide bonds. The first kappa shape index (κ1) is 14.0. The Morgan fingerprint density at radius 3 is 2.44 bits per heavy atom. The third-order valence-electron chi connectivity index (χ3n) is 2.27. The van der Waals surface area contributed by atoms with Crippen molar-refractivity contribution in [2.45, 2.75) is 13.3 Å². The average molecular weight is 248 g/mol. The lowest BCUT2D eigenvalue weighted by molar-refractivity contribution is -0.143. The van der Waals surface area contributed by atoms with E-state index in [1.165, 1.54) is 7.11 Å². The van der Waals surface area contributed by atoms with Gasteiger partial charge in [-0.05, 0) is 11.6 Å². The summed E-state index contributed by atoms with van der Waals surface area (Å²) in [5, 5.41) is 0. The van der Waals surface area contributed by atoms with Crippen LogP contribution in [0.4, 0.5) is 0 Å². The summed E-state index contributed by atoms with van der Waals surface area (Å²) in [5.74, 6) is -0.847. The molecular weight excluding hydrogens is 232 g/mol. The largest absolute Gasteiger partial charge is 0.466 e. The van der Waals surface area contributed by atoms with E-state index in [1.54, 1.807) is 13.0 Å². The maximum atomic E-state index is 11.5. The van der Waals surface area contributed by atoms with Crippen LogP contribution < -0.4 is 0 Å². The number of benzene rings is 1. The maximum Gasteiger partial charge on any atom is 0.337 e. The molecule has 0 radical (unpaired) electrons. The molecule has 4 nitrogen and oxygen atoms in total. The fraction of sp³-hybridized carbons (Fsp3) is 0.286. The SMILES string of the molecule is CCC(=O)OC/C(=C\c1ccccc1)C(=O)OC. The van der Waals surface area contributed by atoms with Crippen LogP contribution in [0.15, 0.2) is 35.9 Å². The molecule has 0 saturated carbocycles. The van der Waals surface area contributed by atoms with Crippen LogP contribution in [-0.4, -0.2) is 25.7 Å². The van der Waals surface area contributed by atoms with Gasteiger partial charge in [-0.15, -0.1) is 0 Å². The van der Waals surface area contributed by atoms with E-state index >= 15 is 0 Å². The van der Waals surface area contributed by atoms with Gasteiger partial charge in [0.15, 0.2) is 0 Å². The molecule has 0 saturated heterocycles. The Hall–Kier alpha value is -2.10. The molecule has 96 valence electrons. The van der Waals surface area contributed by atoms with Crippen molar-refractivity contribution in [1.29, 1.82) is 0 Å². The lowest BCUT2D eigenvalue weighted by atomic mass is 10.1. The van der Waals surface area contributed by atoms with Gasteiger partial charge in [0.05, 0.1) is 12.7 Å². The summed E-state index contributed by atoms with van der Waals surface area (Å²) in [6, 6.07) is 9.30. The van der Waals surface area contributed by atoms with Gasteiger partial charge in [-0.2, -0.15) is 0 Å². The van der Waals surface area contributed by atoms with E-state index < -0.39 is 5.97 Å². The second-order valence-corrected chi connectivity index (χ2v) is 3.59. The lowest BCUT2D eigenvalue weighted by Crippen LogP contribution is -2.13. The van der Waals surface area contributed by atoms with E-state index in [1.807, 2.05) is 30.3 Å². The molecule has 18 heavy (non-hydrogen) atoms. The van der Waals surface area contributed by atoms with Crippen molar-refractivity contribution < 1.29 is 19.1 Å². The van der Waals surface area contributed by atoms with Gasteiger partial charge in [0.25, 0.3) is 0 Å². The maximum absolute atomic E-state index is 11.5. The normalized spacial score (nSPS) is 10.9. The zero-order valence-electron chi connectivity index (χ0n) is 10.5. The van der Waals surface area contributed by atoms with E-state index in [0.29, 0.717) is 5.57 Å². The van der Waals surface area contributed by atoms with Gasteiger partial charge in [0, 0.05) is 6.42 Å². The lowest BCUT2D eigenvalue weighted by Gasteiger charge is -2.06. The molecule has 0 aliphatic rings. The van der Waals surface area contributed by atoms with Gasteiger partial charge >= 0.3 is 11.9 Å². The summed E-state index contributed by atoms with van der Waals surface area (Å²) in [7, 11) is 1.29. The number of esters is 2. The molecule has 0 bridgehead atoms. The Kier molecular flexibility index (Phi) is 5.64. The predicted molar refractivity (Wildman–Crippen MR) is 67.7 cm³/mol. The predicted octanol–water partition coefficient (Wildman–Crippen LogP) is 2.20. The van der Waals surface area contributed by atoms with Gasteiger partial charge < -0.3 is 9.47 Å². The first-order valence-electron chi connectivity index (χ1n) is 5.67. The van der Waals surface area contributed by atoms with Crippen molar-refractivity contribution >= 4 is 18.0 Å². The van der Waals surface area contributed by atoms with Gasteiger partial charge in [-0.1, -0.05) is 37.3 Å². The highest BCUT2D eigenvalue weighted by molar-refractivity contribution is 5.94. The first-order valence-corrected chi connectivity index (χ1v) is 5.67. The molecule has 0 unspecified atom stereocenters. The molecule has 0 aliphatic heterocycles. The van der Waals surface area contributed by atoms with Gasteiger partial charge in [-0.3, -0.25) is 4.79 Å². The van der Waals surface area contributed by atoms with Gasteiger partial charge in [0.1, 0.15) is 6.61 Å². The average Bonchev–Trinajstić information content (AvgIpc) is 2.43. The Morgan fingerprint density at radius 1 is 1.22 bits per heavy atom. The second-order valence-electron chi connectivity index (χ2n) is 3.59. The third kappa shape index (κ3) is 4.41. The zero-order valence-corrected chi connectivity index (χ0v) is 10.5. The summed E-state index contributed by atoms with van der Waals surface area (Å²) in [5.41, 5.74) is 1.16. The quantitative estimate of drug-likeness (QED) is 0.592. The molecule has 0 heterocycles. The topological polar surface area (TPSA) is 52.6 Å². The van der Waals surface area contributed by atoms with Crippen LogP contribution in [0.5, 0.6) is 0 Å². The van der Waals surface area contributed by atoms with Crippen LogP contribution in [0.2, 0.25) is 0 Å². The molecule has 0 spiro atoms. The van der Waals surface area contributed by atoms with Crippen LogP contribution >= 0.6 is 0 Å². The molecule has 1 aromatic carbocycles. The van der Waals surface area contributed by atoms with Crippen molar-refractivity contribution in [3.8, 4) is 0 Å². The fourth-order valence-corrected chi connectivity index (χ4v) is 1.30. The minimum absolute atomic E-state index is 0.0752. The fourth-order valence-electron chi connectivity index (χ4n) is 1.30. The van der Waals surface area contributed by atoms with Crippen LogP contribution in [0.1, 0.15) is 18.9 Å². The van der Waals surface area contributed by atoms with Crippen LogP contribution in [0.3, 0.4) is 0 Å². The van der Waals surface area contributed by atoms with Crippen molar-refractivity contribution in [2.75, 3.05) is 13.7 Å².